The normalized spacial score (nSPS) is 19.3. The topological polar surface area (TPSA) is 67.2 Å². The number of thioether (sulfide) groups is 1. The second kappa shape index (κ2) is 10.7. The number of hydrogen-bond donors (Lipinski definition) is 0. The number of hydrogen-bond acceptors (Lipinski definition) is 7. The highest BCUT2D eigenvalue weighted by atomic mass is 32.2. The number of piperidine rings is 1. The SMILES string of the molecule is CCC1CCCCN1c1nc2c(C)cccn2c(=O)c1/C=C1/SC(=S)N(Cc2ccc(OC)cc2)C1=O. The van der Waals surface area contributed by atoms with Crippen LogP contribution in [0, 0.1) is 6.92 Å². The first kappa shape index (κ1) is 25.5. The van der Waals surface area contributed by atoms with E-state index in [1.807, 2.05) is 43.3 Å². The maximum absolute atomic E-state index is 13.8. The highest BCUT2D eigenvalue weighted by Crippen LogP contribution is 2.36. The van der Waals surface area contributed by atoms with Gasteiger partial charge in [0.15, 0.2) is 0 Å². The van der Waals surface area contributed by atoms with Crippen molar-refractivity contribution in [1.82, 2.24) is 14.3 Å². The Labute approximate surface area is 226 Å². The summed E-state index contributed by atoms with van der Waals surface area (Å²) in [5.41, 5.74) is 2.79. The van der Waals surface area contributed by atoms with E-state index in [4.69, 9.17) is 21.9 Å². The first-order chi connectivity index (χ1) is 17.9. The predicted octanol–water partition coefficient (Wildman–Crippen LogP) is 5.18. The van der Waals surface area contributed by atoms with Gasteiger partial charge in [-0.25, -0.2) is 4.98 Å². The molecule has 192 valence electrons. The number of thiocarbonyl (C=S) groups is 1. The highest BCUT2D eigenvalue weighted by Gasteiger charge is 2.34. The summed E-state index contributed by atoms with van der Waals surface area (Å²) in [4.78, 5) is 36.6. The number of amides is 1. The lowest BCUT2D eigenvalue weighted by atomic mass is 9.99. The van der Waals surface area contributed by atoms with Gasteiger partial charge in [-0.05, 0) is 68.0 Å². The van der Waals surface area contributed by atoms with Gasteiger partial charge in [-0.15, -0.1) is 0 Å². The first-order valence-corrected chi connectivity index (χ1v) is 13.8. The molecule has 1 amide bonds. The zero-order chi connectivity index (χ0) is 26.1. The number of aryl methyl sites for hydroxylation is 1. The lowest BCUT2D eigenvalue weighted by molar-refractivity contribution is -0.122. The summed E-state index contributed by atoms with van der Waals surface area (Å²) in [6.45, 7) is 5.33. The molecule has 0 aliphatic carbocycles. The molecule has 1 aromatic carbocycles. The van der Waals surface area contributed by atoms with Gasteiger partial charge < -0.3 is 9.64 Å². The van der Waals surface area contributed by atoms with Crippen molar-refractivity contribution in [2.24, 2.45) is 0 Å². The number of nitrogens with zero attached hydrogens (tertiary/aromatic N) is 4. The number of fused-ring (bicyclic) bond motifs is 1. The minimum absolute atomic E-state index is 0.176. The molecule has 2 aromatic heterocycles. The Morgan fingerprint density at radius 3 is 2.70 bits per heavy atom. The largest absolute Gasteiger partial charge is 0.497 e. The molecule has 2 fully saturated rings. The third kappa shape index (κ3) is 4.90. The number of anilines is 1. The van der Waals surface area contributed by atoms with E-state index < -0.39 is 0 Å². The van der Waals surface area contributed by atoms with Gasteiger partial charge in [-0.3, -0.25) is 18.9 Å². The number of carbonyl (C=O) groups excluding carboxylic acids is 1. The molecule has 0 spiro atoms. The van der Waals surface area contributed by atoms with Crippen molar-refractivity contribution < 1.29 is 9.53 Å². The van der Waals surface area contributed by atoms with Crippen molar-refractivity contribution in [3.8, 4) is 5.75 Å². The van der Waals surface area contributed by atoms with Crippen LogP contribution in [-0.4, -0.2) is 44.2 Å². The van der Waals surface area contributed by atoms with E-state index in [1.165, 1.54) is 18.2 Å². The fourth-order valence-corrected chi connectivity index (χ4v) is 6.27. The van der Waals surface area contributed by atoms with Gasteiger partial charge in [-0.2, -0.15) is 0 Å². The Hall–Kier alpha value is -3.17. The van der Waals surface area contributed by atoms with Gasteiger partial charge in [0.25, 0.3) is 11.5 Å². The lowest BCUT2D eigenvalue weighted by Crippen LogP contribution is -2.41. The highest BCUT2D eigenvalue weighted by molar-refractivity contribution is 8.26. The van der Waals surface area contributed by atoms with Crippen LogP contribution in [0.1, 0.15) is 49.3 Å². The summed E-state index contributed by atoms with van der Waals surface area (Å²) in [5, 5.41) is 0. The number of ether oxygens (including phenoxy) is 1. The zero-order valence-corrected chi connectivity index (χ0v) is 22.9. The number of benzene rings is 1. The van der Waals surface area contributed by atoms with Gasteiger partial charge in [0.2, 0.25) is 0 Å². The summed E-state index contributed by atoms with van der Waals surface area (Å²) in [6, 6.07) is 11.7. The Morgan fingerprint density at radius 2 is 1.97 bits per heavy atom. The Morgan fingerprint density at radius 1 is 1.19 bits per heavy atom. The molecule has 37 heavy (non-hydrogen) atoms. The Kier molecular flexibility index (Phi) is 7.35. The summed E-state index contributed by atoms with van der Waals surface area (Å²) in [5.74, 6) is 1.21. The molecule has 1 unspecified atom stereocenters. The van der Waals surface area contributed by atoms with Gasteiger partial charge >= 0.3 is 0 Å². The van der Waals surface area contributed by atoms with E-state index in [9.17, 15) is 9.59 Å². The van der Waals surface area contributed by atoms with Gasteiger partial charge in [0.05, 0.1) is 24.1 Å². The molecule has 7 nitrogen and oxygen atoms in total. The average molecular weight is 535 g/mol. The van der Waals surface area contributed by atoms with Crippen LogP contribution in [0.15, 0.2) is 52.3 Å². The van der Waals surface area contributed by atoms with Crippen molar-refractivity contribution in [2.45, 2.75) is 52.1 Å². The minimum Gasteiger partial charge on any atom is -0.497 e. The first-order valence-electron chi connectivity index (χ1n) is 12.6. The molecular weight excluding hydrogens is 504 g/mol. The van der Waals surface area contributed by atoms with Crippen LogP contribution in [0.5, 0.6) is 5.75 Å². The second-order valence-corrected chi connectivity index (χ2v) is 11.1. The summed E-state index contributed by atoms with van der Waals surface area (Å²) in [7, 11) is 1.62. The van der Waals surface area contributed by atoms with Crippen molar-refractivity contribution >= 4 is 51.7 Å². The smallest absolute Gasteiger partial charge is 0.267 e. The van der Waals surface area contributed by atoms with Gasteiger partial charge in [0, 0.05) is 18.8 Å². The average Bonchev–Trinajstić information content (AvgIpc) is 3.18. The van der Waals surface area contributed by atoms with E-state index >= 15 is 0 Å². The lowest BCUT2D eigenvalue weighted by Gasteiger charge is -2.37. The standard InChI is InChI=1S/C28H30N4O3S2/c1-4-20-9-5-6-14-30(20)25-22(26(33)31-15-7-8-18(2)24(31)29-25)16-23-27(34)32(28(36)37-23)17-19-10-12-21(35-3)13-11-19/h7-8,10-13,15-16,20H,4-6,9,14,17H2,1-3H3/b23-16+. The summed E-state index contributed by atoms with van der Waals surface area (Å²) in [6.07, 6.45) is 7.69. The van der Waals surface area contributed by atoms with Crippen LogP contribution < -0.4 is 15.2 Å². The fourth-order valence-electron chi connectivity index (χ4n) is 5.03. The van der Waals surface area contributed by atoms with Crippen LogP contribution in [0.3, 0.4) is 0 Å². The number of pyridine rings is 1. The third-order valence-electron chi connectivity index (χ3n) is 7.08. The molecule has 2 aliphatic heterocycles. The van der Waals surface area contributed by atoms with Gasteiger partial charge in [0.1, 0.15) is 21.5 Å². The quantitative estimate of drug-likeness (QED) is 0.319. The Balaban J connectivity index is 1.57. The molecule has 3 aromatic rings. The summed E-state index contributed by atoms with van der Waals surface area (Å²) >= 11 is 6.81. The fraction of sp³-hybridized carbons (Fsp3) is 0.357. The monoisotopic (exact) mass is 534 g/mol. The third-order valence-corrected chi connectivity index (χ3v) is 8.46. The summed E-state index contributed by atoms with van der Waals surface area (Å²) < 4.78 is 7.28. The molecule has 4 heterocycles. The van der Waals surface area contributed by atoms with E-state index in [1.54, 1.807) is 28.7 Å². The van der Waals surface area contributed by atoms with E-state index in [0.717, 1.165) is 42.7 Å². The minimum atomic E-state index is -0.198. The zero-order valence-electron chi connectivity index (χ0n) is 21.3. The number of carbonyl (C=O) groups is 1. The molecule has 9 heteroatoms. The molecule has 5 rings (SSSR count). The Bertz CT molecular complexity index is 1450. The van der Waals surface area contributed by atoms with Crippen LogP contribution in [0.25, 0.3) is 11.7 Å². The van der Waals surface area contributed by atoms with E-state index in [0.29, 0.717) is 38.8 Å². The molecule has 0 bridgehead atoms. The van der Waals surface area contributed by atoms with Crippen molar-refractivity contribution in [2.75, 3.05) is 18.6 Å². The molecule has 0 N–H and O–H groups in total. The van der Waals surface area contributed by atoms with Crippen LogP contribution in [-0.2, 0) is 11.3 Å². The molecule has 1 atom stereocenters. The second-order valence-electron chi connectivity index (χ2n) is 9.41. The molecular formula is C28H30N4O3S2. The van der Waals surface area contributed by atoms with Crippen molar-refractivity contribution in [3.05, 3.63) is 74.5 Å². The van der Waals surface area contributed by atoms with Crippen LogP contribution >= 0.6 is 24.0 Å². The molecule has 2 aliphatic rings. The number of methoxy groups -OCH3 is 1. The molecule has 0 saturated carbocycles. The molecule has 2 saturated heterocycles. The van der Waals surface area contributed by atoms with E-state index in [2.05, 4.69) is 11.8 Å². The number of aromatic nitrogens is 2. The van der Waals surface area contributed by atoms with Crippen molar-refractivity contribution in [1.29, 1.82) is 0 Å². The maximum Gasteiger partial charge on any atom is 0.267 e. The molecule has 0 radical (unpaired) electrons. The van der Waals surface area contributed by atoms with E-state index in [-0.39, 0.29) is 11.5 Å². The van der Waals surface area contributed by atoms with Crippen LogP contribution in [0.4, 0.5) is 5.82 Å². The predicted molar refractivity (Wildman–Crippen MR) is 153 cm³/mol. The van der Waals surface area contributed by atoms with Gasteiger partial charge in [-0.1, -0.05) is 49.1 Å². The van der Waals surface area contributed by atoms with Crippen molar-refractivity contribution in [3.63, 3.8) is 0 Å². The van der Waals surface area contributed by atoms with Crippen LogP contribution in [0.2, 0.25) is 0 Å². The number of rotatable bonds is 6. The maximum atomic E-state index is 13.8.